The molecule has 0 saturated carbocycles. The van der Waals surface area contributed by atoms with Crippen molar-refractivity contribution >= 4 is 17.3 Å². The second-order valence-electron chi connectivity index (χ2n) is 3.56. The van der Waals surface area contributed by atoms with E-state index in [1.807, 2.05) is 0 Å². The summed E-state index contributed by atoms with van der Waals surface area (Å²) in [5.41, 5.74) is 0.692. The van der Waals surface area contributed by atoms with Crippen molar-refractivity contribution in [1.82, 2.24) is 0 Å². The molecular formula is C11H13N2O4-. The van der Waals surface area contributed by atoms with Crippen LogP contribution < -0.4 is 10.4 Å². The number of aliphatic carboxylic acids is 1. The van der Waals surface area contributed by atoms with Gasteiger partial charge in [-0.05, 0) is 25.3 Å². The molecule has 0 amide bonds. The van der Waals surface area contributed by atoms with Gasteiger partial charge in [0.2, 0.25) is 0 Å². The normalized spacial score (nSPS) is 9.88. The van der Waals surface area contributed by atoms with E-state index in [9.17, 15) is 20.0 Å². The molecule has 0 heterocycles. The van der Waals surface area contributed by atoms with Crippen molar-refractivity contribution < 1.29 is 14.8 Å². The molecule has 1 aromatic carbocycles. The van der Waals surface area contributed by atoms with E-state index in [0.29, 0.717) is 25.1 Å². The smallest absolute Gasteiger partial charge is 0.271 e. The molecule has 0 aliphatic heterocycles. The van der Waals surface area contributed by atoms with E-state index in [0.717, 1.165) is 0 Å². The van der Waals surface area contributed by atoms with Gasteiger partial charge in [0.1, 0.15) is 0 Å². The van der Waals surface area contributed by atoms with E-state index >= 15 is 0 Å². The third kappa shape index (κ3) is 4.96. The number of nitro groups is 1. The van der Waals surface area contributed by atoms with Crippen molar-refractivity contribution in [3.05, 3.63) is 34.4 Å². The summed E-state index contributed by atoms with van der Waals surface area (Å²) in [5, 5.41) is 23.7. The lowest BCUT2D eigenvalue weighted by molar-refractivity contribution is -0.384. The van der Waals surface area contributed by atoms with Crippen LogP contribution in [0.4, 0.5) is 11.4 Å². The highest BCUT2D eigenvalue weighted by Crippen LogP contribution is 2.16. The number of nitrogens with one attached hydrogen (secondary N) is 1. The molecule has 0 radical (unpaired) electrons. The molecule has 1 rings (SSSR count). The van der Waals surface area contributed by atoms with E-state index in [2.05, 4.69) is 5.32 Å². The number of carboxylic acids is 1. The Morgan fingerprint density at radius 3 is 2.76 bits per heavy atom. The molecule has 1 N–H and O–H groups in total. The highest BCUT2D eigenvalue weighted by atomic mass is 16.6. The predicted molar refractivity (Wildman–Crippen MR) is 60.4 cm³/mol. The summed E-state index contributed by atoms with van der Waals surface area (Å²) in [6.07, 6.45) is 1.25. The Hall–Kier alpha value is -2.11. The fraction of sp³-hybridized carbons (Fsp3) is 0.364. The molecule has 0 aliphatic carbocycles. The molecule has 1 aromatic rings. The van der Waals surface area contributed by atoms with Gasteiger partial charge in [0, 0.05) is 30.3 Å². The lowest BCUT2D eigenvalue weighted by atomic mass is 10.2. The van der Waals surface area contributed by atoms with Gasteiger partial charge in [-0.3, -0.25) is 10.1 Å². The van der Waals surface area contributed by atoms with Gasteiger partial charge in [0.25, 0.3) is 5.69 Å². The fourth-order valence-electron chi connectivity index (χ4n) is 1.36. The van der Waals surface area contributed by atoms with Gasteiger partial charge in [-0.15, -0.1) is 0 Å². The van der Waals surface area contributed by atoms with Gasteiger partial charge in [0.15, 0.2) is 0 Å². The summed E-state index contributed by atoms with van der Waals surface area (Å²) < 4.78 is 0. The second kappa shape index (κ2) is 6.47. The lowest BCUT2D eigenvalue weighted by Crippen LogP contribution is -2.21. The van der Waals surface area contributed by atoms with Gasteiger partial charge in [-0.2, -0.15) is 0 Å². The SMILES string of the molecule is O=C([O-])CCCCNc1cccc([N+](=O)[O-])c1. The van der Waals surface area contributed by atoms with E-state index in [-0.39, 0.29) is 12.1 Å². The Morgan fingerprint density at radius 1 is 1.35 bits per heavy atom. The summed E-state index contributed by atoms with van der Waals surface area (Å²) in [6.45, 7) is 0.578. The summed E-state index contributed by atoms with van der Waals surface area (Å²) >= 11 is 0. The Kier molecular flexibility index (Phi) is 4.93. The molecule has 0 spiro atoms. The van der Waals surface area contributed by atoms with Crippen LogP contribution in [0.1, 0.15) is 19.3 Å². The zero-order valence-corrected chi connectivity index (χ0v) is 9.22. The topological polar surface area (TPSA) is 95.3 Å². The Morgan fingerprint density at radius 2 is 2.12 bits per heavy atom. The second-order valence-corrected chi connectivity index (χ2v) is 3.56. The van der Waals surface area contributed by atoms with Crippen molar-refractivity contribution in [3.63, 3.8) is 0 Å². The summed E-state index contributed by atoms with van der Waals surface area (Å²) in [6, 6.07) is 6.19. The van der Waals surface area contributed by atoms with Crippen LogP contribution in [0.2, 0.25) is 0 Å². The minimum absolute atomic E-state index is 0.0322. The van der Waals surface area contributed by atoms with E-state index in [1.54, 1.807) is 12.1 Å². The fourth-order valence-corrected chi connectivity index (χ4v) is 1.36. The van der Waals surface area contributed by atoms with Crippen LogP contribution in [0.5, 0.6) is 0 Å². The molecule has 0 aliphatic rings. The number of benzene rings is 1. The molecule has 6 heteroatoms. The van der Waals surface area contributed by atoms with E-state index in [1.165, 1.54) is 12.1 Å². The number of rotatable bonds is 7. The molecule has 0 bridgehead atoms. The third-order valence-electron chi connectivity index (χ3n) is 2.19. The van der Waals surface area contributed by atoms with E-state index < -0.39 is 10.9 Å². The molecule has 0 unspecified atom stereocenters. The number of nitrogens with zero attached hydrogens (tertiary/aromatic N) is 1. The first-order chi connectivity index (χ1) is 8.09. The Balaban J connectivity index is 2.34. The maximum atomic E-state index is 10.5. The monoisotopic (exact) mass is 237 g/mol. The maximum Gasteiger partial charge on any atom is 0.271 e. The highest BCUT2D eigenvalue weighted by Gasteiger charge is 2.04. The van der Waals surface area contributed by atoms with Crippen molar-refractivity contribution in [3.8, 4) is 0 Å². The molecule has 0 atom stereocenters. The van der Waals surface area contributed by atoms with Gasteiger partial charge in [-0.1, -0.05) is 6.07 Å². The van der Waals surface area contributed by atoms with Crippen molar-refractivity contribution in [2.75, 3.05) is 11.9 Å². The first-order valence-corrected chi connectivity index (χ1v) is 5.28. The summed E-state index contributed by atoms with van der Waals surface area (Å²) in [4.78, 5) is 20.2. The van der Waals surface area contributed by atoms with Crippen LogP contribution in [0.25, 0.3) is 0 Å². The number of unbranched alkanes of at least 4 members (excludes halogenated alkanes) is 1. The molecule has 17 heavy (non-hydrogen) atoms. The van der Waals surface area contributed by atoms with Crippen LogP contribution >= 0.6 is 0 Å². The quantitative estimate of drug-likeness (QED) is 0.432. The Bertz CT molecular complexity index is 406. The first-order valence-electron chi connectivity index (χ1n) is 5.28. The molecule has 0 fully saturated rings. The molecule has 92 valence electrons. The number of carbonyl (C=O) groups excluding carboxylic acids is 1. The number of carboxylic acid groups (broad SMARTS) is 1. The number of hydrogen-bond donors (Lipinski definition) is 1. The van der Waals surface area contributed by atoms with Crippen LogP contribution in [0.3, 0.4) is 0 Å². The van der Waals surface area contributed by atoms with Crippen molar-refractivity contribution in [2.24, 2.45) is 0 Å². The minimum atomic E-state index is -1.06. The average molecular weight is 237 g/mol. The summed E-state index contributed by atoms with van der Waals surface area (Å²) in [5.74, 6) is -1.06. The van der Waals surface area contributed by atoms with Gasteiger partial charge in [0.05, 0.1) is 4.92 Å². The highest BCUT2D eigenvalue weighted by molar-refractivity contribution is 5.64. The van der Waals surface area contributed by atoms with Crippen LogP contribution in [0.15, 0.2) is 24.3 Å². The van der Waals surface area contributed by atoms with Crippen LogP contribution in [-0.2, 0) is 4.79 Å². The van der Waals surface area contributed by atoms with Crippen LogP contribution in [-0.4, -0.2) is 17.4 Å². The average Bonchev–Trinajstić information content (AvgIpc) is 2.28. The van der Waals surface area contributed by atoms with E-state index in [4.69, 9.17) is 0 Å². The van der Waals surface area contributed by atoms with Crippen molar-refractivity contribution in [1.29, 1.82) is 0 Å². The predicted octanol–water partition coefficient (Wildman–Crippen LogP) is 0.927. The number of hydrogen-bond acceptors (Lipinski definition) is 5. The minimum Gasteiger partial charge on any atom is -0.550 e. The zero-order chi connectivity index (χ0) is 12.7. The van der Waals surface area contributed by atoms with Crippen molar-refractivity contribution in [2.45, 2.75) is 19.3 Å². The number of nitro benzene ring substituents is 1. The zero-order valence-electron chi connectivity index (χ0n) is 9.22. The largest absolute Gasteiger partial charge is 0.550 e. The summed E-state index contributed by atoms with van der Waals surface area (Å²) in [7, 11) is 0. The first kappa shape index (κ1) is 13.0. The van der Waals surface area contributed by atoms with Gasteiger partial charge < -0.3 is 15.2 Å². The molecular weight excluding hydrogens is 224 g/mol. The maximum absolute atomic E-state index is 10.5. The standard InChI is InChI=1S/C11H14N2O4/c14-11(15)6-1-2-7-12-9-4-3-5-10(8-9)13(16)17/h3-5,8,12H,1-2,6-7H2,(H,14,15)/p-1. The number of non-ortho nitro benzene ring substituents is 1. The molecule has 0 aromatic heterocycles. The number of anilines is 1. The van der Waals surface area contributed by atoms with Gasteiger partial charge >= 0.3 is 0 Å². The van der Waals surface area contributed by atoms with Gasteiger partial charge in [-0.25, -0.2) is 0 Å². The number of carbonyl (C=O) groups is 1. The molecule has 6 nitrogen and oxygen atoms in total. The third-order valence-corrected chi connectivity index (χ3v) is 2.19. The van der Waals surface area contributed by atoms with Crippen LogP contribution in [0, 0.1) is 10.1 Å². The molecule has 0 saturated heterocycles. The lowest BCUT2D eigenvalue weighted by Gasteiger charge is -2.06. The Labute approximate surface area is 98.4 Å².